The van der Waals surface area contributed by atoms with Gasteiger partial charge in [-0.05, 0) is 62.7 Å². The lowest BCUT2D eigenvalue weighted by Gasteiger charge is -2.37. The van der Waals surface area contributed by atoms with Crippen LogP contribution in [0, 0.1) is 5.92 Å². The number of nitrogens with zero attached hydrogens (tertiary/aromatic N) is 2. The Balaban J connectivity index is 2.26. The smallest absolute Gasteiger partial charge is 0.0425 e. The van der Waals surface area contributed by atoms with Crippen molar-refractivity contribution in [3.8, 4) is 0 Å². The second kappa shape index (κ2) is 8.21. The molecule has 0 aliphatic heterocycles. The molecular formula is C18H28N2. The first-order valence-corrected chi connectivity index (χ1v) is 8.17. The lowest BCUT2D eigenvalue weighted by atomic mass is 9.85. The van der Waals surface area contributed by atoms with E-state index in [-0.39, 0.29) is 0 Å². The Morgan fingerprint density at radius 2 is 2.10 bits per heavy atom. The number of rotatable bonds is 7. The first kappa shape index (κ1) is 15.2. The lowest BCUT2D eigenvalue weighted by molar-refractivity contribution is 0.151. The van der Waals surface area contributed by atoms with Crippen molar-refractivity contribution in [1.29, 1.82) is 0 Å². The summed E-state index contributed by atoms with van der Waals surface area (Å²) in [5.41, 5.74) is 1.38. The van der Waals surface area contributed by atoms with E-state index in [1.807, 2.05) is 6.20 Å². The van der Waals surface area contributed by atoms with Gasteiger partial charge in [0, 0.05) is 18.4 Å². The summed E-state index contributed by atoms with van der Waals surface area (Å²) in [7, 11) is 0. The molecule has 1 aliphatic rings. The molecule has 0 aromatic carbocycles. The van der Waals surface area contributed by atoms with Gasteiger partial charge in [0.25, 0.3) is 0 Å². The van der Waals surface area contributed by atoms with E-state index in [1.54, 1.807) is 0 Å². The standard InChI is InChI=1S/C18H28N2/c1-3-13-20(14-4-2)18(16-9-6-5-7-10-16)17-11-8-12-19-15-17/h6,8-9,11-12,15-16,18H,3-5,7,10,13-14H2,1-2H3. The van der Waals surface area contributed by atoms with Gasteiger partial charge in [-0.25, -0.2) is 0 Å². The third-order valence-electron chi connectivity index (χ3n) is 4.14. The zero-order valence-corrected chi connectivity index (χ0v) is 13.0. The fourth-order valence-corrected chi connectivity index (χ4v) is 3.35. The van der Waals surface area contributed by atoms with Gasteiger partial charge in [-0.3, -0.25) is 9.88 Å². The minimum Gasteiger partial charge on any atom is -0.296 e. The van der Waals surface area contributed by atoms with Gasteiger partial charge in [0.1, 0.15) is 0 Å². The van der Waals surface area contributed by atoms with Gasteiger partial charge in [-0.2, -0.15) is 0 Å². The average Bonchev–Trinajstić information content (AvgIpc) is 2.50. The van der Waals surface area contributed by atoms with Gasteiger partial charge in [0.2, 0.25) is 0 Å². The number of hydrogen-bond donors (Lipinski definition) is 0. The number of aromatic nitrogens is 1. The quantitative estimate of drug-likeness (QED) is 0.674. The van der Waals surface area contributed by atoms with Crippen molar-refractivity contribution < 1.29 is 0 Å². The van der Waals surface area contributed by atoms with Crippen LogP contribution in [0.5, 0.6) is 0 Å². The van der Waals surface area contributed by atoms with E-state index >= 15 is 0 Å². The summed E-state index contributed by atoms with van der Waals surface area (Å²) >= 11 is 0. The molecular weight excluding hydrogens is 244 g/mol. The Morgan fingerprint density at radius 1 is 1.30 bits per heavy atom. The first-order chi connectivity index (χ1) is 9.86. The van der Waals surface area contributed by atoms with Crippen LogP contribution < -0.4 is 0 Å². The highest BCUT2D eigenvalue weighted by Crippen LogP contribution is 2.35. The van der Waals surface area contributed by atoms with Crippen molar-refractivity contribution in [1.82, 2.24) is 9.88 Å². The van der Waals surface area contributed by atoms with Gasteiger partial charge in [-0.15, -0.1) is 0 Å². The second-order valence-corrected chi connectivity index (χ2v) is 5.79. The summed E-state index contributed by atoms with van der Waals surface area (Å²) in [6.45, 7) is 6.91. The van der Waals surface area contributed by atoms with Crippen LogP contribution in [-0.4, -0.2) is 23.0 Å². The predicted molar refractivity (Wildman–Crippen MR) is 85.6 cm³/mol. The van der Waals surface area contributed by atoms with E-state index in [0.717, 1.165) is 0 Å². The van der Waals surface area contributed by atoms with Crippen molar-refractivity contribution in [3.63, 3.8) is 0 Å². The summed E-state index contributed by atoms with van der Waals surface area (Å²) in [6, 6.07) is 4.82. The second-order valence-electron chi connectivity index (χ2n) is 5.79. The normalized spacial score (nSPS) is 20.2. The summed E-state index contributed by atoms with van der Waals surface area (Å²) in [6.07, 6.45) is 15.1. The molecule has 0 saturated heterocycles. The van der Waals surface area contributed by atoms with Gasteiger partial charge < -0.3 is 0 Å². The molecule has 0 radical (unpaired) electrons. The Kier molecular flexibility index (Phi) is 6.25. The molecule has 2 atom stereocenters. The molecule has 20 heavy (non-hydrogen) atoms. The van der Waals surface area contributed by atoms with Crippen LogP contribution in [0.15, 0.2) is 36.7 Å². The molecule has 1 aromatic heterocycles. The summed E-state index contributed by atoms with van der Waals surface area (Å²) in [5.74, 6) is 0.644. The maximum Gasteiger partial charge on any atom is 0.0425 e. The molecule has 1 heterocycles. The van der Waals surface area contributed by atoms with Gasteiger partial charge in [-0.1, -0.05) is 32.1 Å². The molecule has 0 N–H and O–H groups in total. The largest absolute Gasteiger partial charge is 0.296 e. The molecule has 1 aromatic rings. The zero-order valence-electron chi connectivity index (χ0n) is 13.0. The van der Waals surface area contributed by atoms with E-state index in [9.17, 15) is 0 Å². The Labute approximate surface area is 123 Å². The molecule has 2 heteroatoms. The highest BCUT2D eigenvalue weighted by Gasteiger charge is 2.27. The maximum absolute atomic E-state index is 4.35. The SMILES string of the molecule is CCCN(CCC)C(c1cccnc1)C1C=CCCC1. The predicted octanol–water partition coefficient (Wildman–Crippen LogP) is 4.60. The van der Waals surface area contributed by atoms with E-state index in [4.69, 9.17) is 0 Å². The van der Waals surface area contributed by atoms with Crippen molar-refractivity contribution in [2.24, 2.45) is 5.92 Å². The maximum atomic E-state index is 4.35. The summed E-state index contributed by atoms with van der Waals surface area (Å²) in [4.78, 5) is 7.02. The number of hydrogen-bond acceptors (Lipinski definition) is 2. The van der Waals surface area contributed by atoms with Gasteiger partial charge in [0.05, 0.1) is 0 Å². The lowest BCUT2D eigenvalue weighted by Crippen LogP contribution is -2.35. The highest BCUT2D eigenvalue weighted by atomic mass is 15.2. The summed E-state index contributed by atoms with van der Waals surface area (Å²) in [5, 5.41) is 0. The van der Waals surface area contributed by atoms with E-state index in [2.05, 4.69) is 54.2 Å². The molecule has 0 amide bonds. The fourth-order valence-electron chi connectivity index (χ4n) is 3.35. The average molecular weight is 272 g/mol. The van der Waals surface area contributed by atoms with Gasteiger partial charge >= 0.3 is 0 Å². The molecule has 0 fully saturated rings. The molecule has 2 nitrogen and oxygen atoms in total. The van der Waals surface area contributed by atoms with E-state index in [1.165, 1.54) is 50.8 Å². The Bertz CT molecular complexity index is 393. The third kappa shape index (κ3) is 3.92. The Morgan fingerprint density at radius 3 is 2.65 bits per heavy atom. The van der Waals surface area contributed by atoms with E-state index < -0.39 is 0 Å². The first-order valence-electron chi connectivity index (χ1n) is 8.17. The number of allylic oxidation sites excluding steroid dienone is 1. The molecule has 1 aliphatic carbocycles. The molecule has 2 rings (SSSR count). The van der Waals surface area contributed by atoms with Crippen LogP contribution in [-0.2, 0) is 0 Å². The zero-order chi connectivity index (χ0) is 14.2. The highest BCUT2D eigenvalue weighted by molar-refractivity contribution is 5.18. The molecule has 2 unspecified atom stereocenters. The Hall–Kier alpha value is -1.15. The monoisotopic (exact) mass is 272 g/mol. The molecule has 0 bridgehead atoms. The fraction of sp³-hybridized carbons (Fsp3) is 0.611. The molecule has 110 valence electrons. The molecule has 0 spiro atoms. The van der Waals surface area contributed by atoms with Crippen LogP contribution >= 0.6 is 0 Å². The van der Waals surface area contributed by atoms with Crippen molar-refractivity contribution in [2.75, 3.05) is 13.1 Å². The van der Waals surface area contributed by atoms with Gasteiger partial charge in [0.15, 0.2) is 0 Å². The minimum absolute atomic E-state index is 0.500. The van der Waals surface area contributed by atoms with Crippen molar-refractivity contribution in [3.05, 3.63) is 42.2 Å². The summed E-state index contributed by atoms with van der Waals surface area (Å²) < 4.78 is 0. The third-order valence-corrected chi connectivity index (χ3v) is 4.14. The van der Waals surface area contributed by atoms with Crippen LogP contribution in [0.25, 0.3) is 0 Å². The van der Waals surface area contributed by atoms with Crippen LogP contribution in [0.3, 0.4) is 0 Å². The van der Waals surface area contributed by atoms with Crippen LogP contribution in [0.2, 0.25) is 0 Å². The van der Waals surface area contributed by atoms with Crippen LogP contribution in [0.1, 0.15) is 57.6 Å². The van der Waals surface area contributed by atoms with E-state index in [0.29, 0.717) is 12.0 Å². The number of pyridine rings is 1. The topological polar surface area (TPSA) is 16.1 Å². The minimum atomic E-state index is 0.500. The van der Waals surface area contributed by atoms with Crippen molar-refractivity contribution >= 4 is 0 Å². The van der Waals surface area contributed by atoms with Crippen molar-refractivity contribution in [2.45, 2.75) is 52.0 Å². The molecule has 0 saturated carbocycles. The van der Waals surface area contributed by atoms with Crippen LogP contribution in [0.4, 0.5) is 0 Å².